The fraction of sp³-hybridized carbons (Fsp3) is 0.562. The molecule has 6 atom stereocenters. The summed E-state index contributed by atoms with van der Waals surface area (Å²) in [6, 6.07) is 11.5. The van der Waals surface area contributed by atoms with Crippen LogP contribution in [-0.4, -0.2) is 108 Å². The van der Waals surface area contributed by atoms with Gasteiger partial charge in [0, 0.05) is 0 Å². The van der Waals surface area contributed by atoms with Gasteiger partial charge in [-0.25, -0.2) is 19.2 Å². The molecule has 66 heavy (non-hydrogen) atoms. The van der Waals surface area contributed by atoms with Gasteiger partial charge >= 0.3 is 53.7 Å². The number of hydrogen-bond donors (Lipinski definition) is 3. The first-order valence-electron chi connectivity index (χ1n) is 22.0. The Kier molecular flexibility index (Phi) is 25.6. The molecule has 3 N–H and O–H groups in total. The van der Waals surface area contributed by atoms with Crippen LogP contribution < -0.4 is 0 Å². The summed E-state index contributed by atoms with van der Waals surface area (Å²) in [6.45, 7) is 15.7. The van der Waals surface area contributed by atoms with E-state index in [0.717, 1.165) is 12.8 Å². The zero-order valence-corrected chi connectivity index (χ0v) is 39.3. The molecule has 18 nitrogen and oxygen atoms in total. The maximum absolute atomic E-state index is 12.1. The smallest absolute Gasteiger partial charge is 0.339 e. The van der Waals surface area contributed by atoms with E-state index in [9.17, 15) is 48.3 Å². The molecule has 1 saturated carbocycles. The van der Waals surface area contributed by atoms with E-state index in [1.54, 1.807) is 53.7 Å². The van der Waals surface area contributed by atoms with Crippen LogP contribution in [-0.2, 0) is 52.4 Å². The van der Waals surface area contributed by atoms with Crippen LogP contribution in [0.1, 0.15) is 149 Å². The first-order valence-corrected chi connectivity index (χ1v) is 22.0. The summed E-state index contributed by atoms with van der Waals surface area (Å²) in [5.41, 5.74) is -0.905. The highest BCUT2D eigenvalue weighted by Gasteiger charge is 2.37. The fourth-order valence-corrected chi connectivity index (χ4v) is 5.71. The number of ether oxygens (including phenoxy) is 6. The third-order valence-electron chi connectivity index (χ3n) is 10.7. The summed E-state index contributed by atoms with van der Waals surface area (Å²) >= 11 is 0. The van der Waals surface area contributed by atoms with Gasteiger partial charge in [0.1, 0.15) is 38.6 Å². The Balaban J connectivity index is 0.000000495. The second kappa shape index (κ2) is 29.3. The summed E-state index contributed by atoms with van der Waals surface area (Å²) < 4.78 is 30.5. The third-order valence-corrected chi connectivity index (χ3v) is 10.7. The Bertz CT molecular complexity index is 1950. The van der Waals surface area contributed by atoms with Gasteiger partial charge in [0.15, 0.2) is 0 Å². The minimum atomic E-state index is -1.21. The molecular formula is C48H66O18. The number of aliphatic carboxylic acids is 1. The number of carboxylic acid groups (broad SMARTS) is 3. The third kappa shape index (κ3) is 19.8. The highest BCUT2D eigenvalue weighted by molar-refractivity contribution is 6.03. The summed E-state index contributed by atoms with van der Waals surface area (Å²) in [5.74, 6) is -8.07. The molecule has 18 heteroatoms. The maximum Gasteiger partial charge on any atom is 0.339 e. The topological polar surface area (TPSA) is 270 Å². The second-order valence-electron chi connectivity index (χ2n) is 16.4. The Morgan fingerprint density at radius 3 is 1.41 bits per heavy atom. The van der Waals surface area contributed by atoms with Gasteiger partial charge in [-0.3, -0.25) is 24.0 Å². The molecule has 2 aromatic rings. The van der Waals surface area contributed by atoms with E-state index in [1.807, 2.05) is 20.8 Å². The summed E-state index contributed by atoms with van der Waals surface area (Å²) in [7, 11) is 0. The number of carbonyl (C=O) groups is 9. The van der Waals surface area contributed by atoms with Crippen molar-refractivity contribution in [2.24, 2.45) is 29.1 Å². The number of carboxylic acids is 3. The Hall–Kier alpha value is -6.33. The van der Waals surface area contributed by atoms with Gasteiger partial charge in [0.2, 0.25) is 0 Å². The van der Waals surface area contributed by atoms with E-state index < -0.39 is 65.3 Å². The van der Waals surface area contributed by atoms with Crippen molar-refractivity contribution in [1.29, 1.82) is 0 Å². The largest absolute Gasteiger partial charge is 0.481 e. The average molecular weight is 931 g/mol. The lowest BCUT2D eigenvalue weighted by atomic mass is 9.79. The SMILES string of the molecule is CCC(C)(C)C(=O)OCCOC(=O)c1ccccc1C(=O)O.CCC(C)C(=O)OCC(C)OC(=O)C1CCCCC1C(=O)O.CCC(C)C(=O)OCC(C)OC(=O)c1ccccc1C(=O)O. The molecular weight excluding hydrogens is 865 g/mol. The molecule has 0 radical (unpaired) electrons. The van der Waals surface area contributed by atoms with Crippen LogP contribution in [0.4, 0.5) is 0 Å². The van der Waals surface area contributed by atoms with Crippen molar-refractivity contribution in [3.8, 4) is 0 Å². The Morgan fingerprint density at radius 2 is 0.985 bits per heavy atom. The highest BCUT2D eigenvalue weighted by Crippen LogP contribution is 2.31. The van der Waals surface area contributed by atoms with Crippen molar-refractivity contribution in [1.82, 2.24) is 0 Å². The van der Waals surface area contributed by atoms with Crippen LogP contribution in [0.2, 0.25) is 0 Å². The predicted molar refractivity (Wildman–Crippen MR) is 236 cm³/mol. The molecule has 0 bridgehead atoms. The van der Waals surface area contributed by atoms with E-state index in [4.69, 9.17) is 38.6 Å². The van der Waals surface area contributed by atoms with E-state index in [-0.39, 0.29) is 78.4 Å². The molecule has 1 fully saturated rings. The van der Waals surface area contributed by atoms with Crippen LogP contribution in [0.25, 0.3) is 0 Å². The van der Waals surface area contributed by atoms with Crippen molar-refractivity contribution in [2.45, 2.75) is 119 Å². The Morgan fingerprint density at radius 1 is 0.576 bits per heavy atom. The summed E-state index contributed by atoms with van der Waals surface area (Å²) in [5, 5.41) is 27.2. The Labute approximate surface area is 385 Å². The van der Waals surface area contributed by atoms with E-state index in [1.165, 1.54) is 36.4 Å². The molecule has 366 valence electrons. The first kappa shape index (κ1) is 57.7. The predicted octanol–water partition coefficient (Wildman–Crippen LogP) is 7.44. The molecule has 0 amide bonds. The average Bonchev–Trinajstić information content (AvgIpc) is 3.30. The van der Waals surface area contributed by atoms with Crippen LogP contribution in [0, 0.1) is 29.1 Å². The zero-order chi connectivity index (χ0) is 50.1. The van der Waals surface area contributed by atoms with Crippen molar-refractivity contribution in [3.05, 3.63) is 70.8 Å². The lowest BCUT2D eigenvalue weighted by Crippen LogP contribution is -2.36. The van der Waals surface area contributed by atoms with Gasteiger partial charge in [0.25, 0.3) is 0 Å². The van der Waals surface area contributed by atoms with Crippen LogP contribution in [0.5, 0.6) is 0 Å². The fourth-order valence-electron chi connectivity index (χ4n) is 5.71. The van der Waals surface area contributed by atoms with Crippen LogP contribution >= 0.6 is 0 Å². The lowest BCUT2D eigenvalue weighted by Gasteiger charge is -2.27. The second-order valence-corrected chi connectivity index (χ2v) is 16.4. The van der Waals surface area contributed by atoms with Crippen molar-refractivity contribution in [2.75, 3.05) is 26.4 Å². The maximum atomic E-state index is 12.1. The standard InChI is InChI=1S/C16H20O6.C16H26O6.C16H20O6/c1-4-16(2,3)15(20)22-10-9-21-14(19)12-8-6-5-7-11(12)13(17)18;2*1-4-10(2)15(19)21-9-11(3)22-16(20)13-8-6-5-7-12(13)14(17)18/h5-8H,4,9-10H2,1-3H3,(H,17,18);10-13H,4-9H2,1-3H3,(H,17,18);5-8,10-11H,4,9H2,1-3H3,(H,17,18). The molecule has 3 rings (SSSR count). The zero-order valence-electron chi connectivity index (χ0n) is 39.3. The van der Waals surface area contributed by atoms with Gasteiger partial charge in [-0.15, -0.1) is 0 Å². The molecule has 0 saturated heterocycles. The van der Waals surface area contributed by atoms with Gasteiger partial charge in [-0.05, 0) is 84.1 Å². The van der Waals surface area contributed by atoms with Crippen molar-refractivity contribution < 1.29 is 86.9 Å². The molecule has 0 heterocycles. The van der Waals surface area contributed by atoms with Crippen LogP contribution in [0.15, 0.2) is 48.5 Å². The number of esters is 6. The molecule has 1 aliphatic carbocycles. The van der Waals surface area contributed by atoms with E-state index in [2.05, 4.69) is 0 Å². The quantitative estimate of drug-likeness (QED) is 0.0623. The minimum absolute atomic E-state index is 0.000624. The molecule has 2 aromatic carbocycles. The molecule has 1 aliphatic rings. The summed E-state index contributed by atoms with van der Waals surface area (Å²) in [4.78, 5) is 104. The van der Waals surface area contributed by atoms with E-state index in [0.29, 0.717) is 32.1 Å². The normalized spacial score (nSPS) is 16.0. The number of aromatic carboxylic acids is 2. The molecule has 0 aromatic heterocycles. The molecule has 0 spiro atoms. The highest BCUT2D eigenvalue weighted by atomic mass is 16.6. The number of carbonyl (C=O) groups excluding carboxylic acids is 6. The summed E-state index contributed by atoms with van der Waals surface area (Å²) in [6.07, 6.45) is 3.46. The van der Waals surface area contributed by atoms with Gasteiger partial charge < -0.3 is 43.7 Å². The van der Waals surface area contributed by atoms with Gasteiger partial charge in [-0.2, -0.15) is 0 Å². The number of rotatable bonds is 21. The van der Waals surface area contributed by atoms with Crippen LogP contribution in [0.3, 0.4) is 0 Å². The van der Waals surface area contributed by atoms with Crippen molar-refractivity contribution >= 4 is 53.7 Å². The minimum Gasteiger partial charge on any atom is -0.481 e. The van der Waals surface area contributed by atoms with Crippen molar-refractivity contribution in [3.63, 3.8) is 0 Å². The van der Waals surface area contributed by atoms with E-state index >= 15 is 0 Å². The van der Waals surface area contributed by atoms with Gasteiger partial charge in [0.05, 0.1) is 51.3 Å². The van der Waals surface area contributed by atoms with Gasteiger partial charge in [-0.1, -0.05) is 71.7 Å². The first-order chi connectivity index (χ1) is 31.0. The molecule has 6 unspecified atom stereocenters. The lowest BCUT2D eigenvalue weighted by molar-refractivity contribution is -0.168. The monoisotopic (exact) mass is 930 g/mol. The molecule has 0 aliphatic heterocycles. The number of hydrogen-bond acceptors (Lipinski definition) is 15. The number of benzene rings is 2.